The predicted octanol–water partition coefficient (Wildman–Crippen LogP) is 4.62. The summed E-state index contributed by atoms with van der Waals surface area (Å²) >= 11 is 8.65. The number of anilines is 1. The van der Waals surface area contributed by atoms with E-state index in [0.29, 0.717) is 26.4 Å². The third-order valence-electron chi connectivity index (χ3n) is 3.87. The van der Waals surface area contributed by atoms with Crippen molar-refractivity contribution >= 4 is 74.2 Å². The standard InChI is InChI=1S/C18H13IN2O5S2/c1-25-14-8-10(7-13(19)16(14)26-2)9-15-17(22)20(18(27)28-15)11-3-5-12(6-4-11)21(23)24/h3-9H,1-2H3/b15-9-. The number of nitro groups is 1. The summed E-state index contributed by atoms with van der Waals surface area (Å²) in [7, 11) is 3.11. The quantitative estimate of drug-likeness (QED) is 0.184. The Labute approximate surface area is 184 Å². The van der Waals surface area contributed by atoms with Crippen LogP contribution in [0.15, 0.2) is 41.3 Å². The van der Waals surface area contributed by atoms with Gasteiger partial charge in [-0.1, -0.05) is 24.0 Å². The highest BCUT2D eigenvalue weighted by Crippen LogP contribution is 2.38. The van der Waals surface area contributed by atoms with E-state index >= 15 is 0 Å². The summed E-state index contributed by atoms with van der Waals surface area (Å²) in [5, 5.41) is 10.8. The van der Waals surface area contributed by atoms with E-state index in [0.717, 1.165) is 9.13 Å². The molecule has 0 unspecified atom stereocenters. The van der Waals surface area contributed by atoms with Crippen LogP contribution in [0.2, 0.25) is 0 Å². The molecule has 0 aliphatic carbocycles. The zero-order valence-electron chi connectivity index (χ0n) is 14.7. The highest BCUT2D eigenvalue weighted by atomic mass is 127. The van der Waals surface area contributed by atoms with E-state index in [1.165, 1.54) is 40.9 Å². The summed E-state index contributed by atoms with van der Waals surface area (Å²) in [5.74, 6) is 0.902. The lowest BCUT2D eigenvalue weighted by Gasteiger charge is -2.14. The minimum atomic E-state index is -0.493. The van der Waals surface area contributed by atoms with E-state index in [1.807, 2.05) is 6.07 Å². The van der Waals surface area contributed by atoms with Gasteiger partial charge in [0.2, 0.25) is 0 Å². The number of non-ortho nitro benzene ring substituents is 1. The highest BCUT2D eigenvalue weighted by Gasteiger charge is 2.33. The first-order chi connectivity index (χ1) is 13.3. The first-order valence-electron chi connectivity index (χ1n) is 7.79. The van der Waals surface area contributed by atoms with Crippen LogP contribution in [0.3, 0.4) is 0 Å². The minimum absolute atomic E-state index is 0.0513. The number of nitrogens with zero attached hydrogens (tertiary/aromatic N) is 2. The molecule has 0 bridgehead atoms. The number of carbonyl (C=O) groups is 1. The number of thiocarbonyl (C=S) groups is 1. The average Bonchev–Trinajstić information content (AvgIpc) is 2.94. The lowest BCUT2D eigenvalue weighted by molar-refractivity contribution is -0.384. The highest BCUT2D eigenvalue weighted by molar-refractivity contribution is 14.1. The molecule has 0 atom stereocenters. The molecule has 144 valence electrons. The van der Waals surface area contributed by atoms with Gasteiger partial charge < -0.3 is 9.47 Å². The molecule has 3 rings (SSSR count). The number of hydrogen-bond acceptors (Lipinski definition) is 7. The van der Waals surface area contributed by atoms with Crippen LogP contribution in [0.25, 0.3) is 6.08 Å². The number of thioether (sulfide) groups is 1. The van der Waals surface area contributed by atoms with Crippen LogP contribution in [-0.2, 0) is 4.79 Å². The first-order valence-corrected chi connectivity index (χ1v) is 10.1. The van der Waals surface area contributed by atoms with Gasteiger partial charge in [-0.15, -0.1) is 0 Å². The normalized spacial score (nSPS) is 15.2. The second-order valence-electron chi connectivity index (χ2n) is 5.53. The van der Waals surface area contributed by atoms with Crippen LogP contribution in [0.4, 0.5) is 11.4 Å². The Morgan fingerprint density at radius 2 is 1.89 bits per heavy atom. The molecule has 1 aliphatic heterocycles. The molecule has 1 heterocycles. The second kappa shape index (κ2) is 8.45. The summed E-state index contributed by atoms with van der Waals surface area (Å²) in [6, 6.07) is 9.35. The van der Waals surface area contributed by atoms with Gasteiger partial charge in [0, 0.05) is 12.1 Å². The Bertz CT molecular complexity index is 1010. The van der Waals surface area contributed by atoms with Crippen molar-refractivity contribution in [1.82, 2.24) is 0 Å². The molecule has 1 fully saturated rings. The van der Waals surface area contributed by atoms with E-state index in [9.17, 15) is 14.9 Å². The summed E-state index contributed by atoms with van der Waals surface area (Å²) in [4.78, 5) is 25.0. The summed E-state index contributed by atoms with van der Waals surface area (Å²) in [5.41, 5.74) is 1.20. The maximum atomic E-state index is 12.9. The summed E-state index contributed by atoms with van der Waals surface area (Å²) in [6.07, 6.45) is 1.73. The molecule has 2 aromatic carbocycles. The molecule has 1 amide bonds. The van der Waals surface area contributed by atoms with Crippen LogP contribution in [-0.4, -0.2) is 29.4 Å². The van der Waals surface area contributed by atoms with Crippen molar-refractivity contribution in [2.45, 2.75) is 0 Å². The molecule has 10 heteroatoms. The van der Waals surface area contributed by atoms with Crippen LogP contribution < -0.4 is 14.4 Å². The zero-order chi connectivity index (χ0) is 20.4. The zero-order valence-corrected chi connectivity index (χ0v) is 18.5. The Morgan fingerprint density at radius 1 is 1.21 bits per heavy atom. The van der Waals surface area contributed by atoms with Crippen LogP contribution in [0.1, 0.15) is 5.56 Å². The molecule has 0 radical (unpaired) electrons. The van der Waals surface area contributed by atoms with Crippen molar-refractivity contribution in [3.05, 3.63) is 60.6 Å². The Morgan fingerprint density at radius 3 is 2.46 bits per heavy atom. The van der Waals surface area contributed by atoms with Crippen LogP contribution >= 0.6 is 46.6 Å². The predicted molar refractivity (Wildman–Crippen MR) is 121 cm³/mol. The van der Waals surface area contributed by atoms with Crippen LogP contribution in [0, 0.1) is 13.7 Å². The first kappa shape index (κ1) is 20.6. The fourth-order valence-corrected chi connectivity index (χ4v) is 4.73. The number of rotatable bonds is 5. The number of amides is 1. The maximum Gasteiger partial charge on any atom is 0.270 e. The van der Waals surface area contributed by atoms with Crippen molar-refractivity contribution < 1.29 is 19.2 Å². The van der Waals surface area contributed by atoms with Crippen molar-refractivity contribution in [2.75, 3.05) is 19.1 Å². The van der Waals surface area contributed by atoms with E-state index in [1.54, 1.807) is 26.4 Å². The van der Waals surface area contributed by atoms with Gasteiger partial charge in [0.1, 0.15) is 0 Å². The van der Waals surface area contributed by atoms with E-state index in [2.05, 4.69) is 22.6 Å². The third kappa shape index (κ3) is 3.98. The van der Waals surface area contributed by atoms with Gasteiger partial charge in [-0.05, 0) is 58.5 Å². The number of carbonyl (C=O) groups excluding carboxylic acids is 1. The number of hydrogen-bond donors (Lipinski definition) is 0. The number of methoxy groups -OCH3 is 2. The largest absolute Gasteiger partial charge is 0.493 e. The maximum absolute atomic E-state index is 12.9. The molecule has 2 aromatic rings. The van der Waals surface area contributed by atoms with Crippen molar-refractivity contribution in [1.29, 1.82) is 0 Å². The smallest absolute Gasteiger partial charge is 0.270 e. The van der Waals surface area contributed by atoms with Crippen molar-refractivity contribution in [3.63, 3.8) is 0 Å². The van der Waals surface area contributed by atoms with Gasteiger partial charge >= 0.3 is 0 Å². The van der Waals surface area contributed by atoms with E-state index < -0.39 is 4.92 Å². The lowest BCUT2D eigenvalue weighted by Crippen LogP contribution is -2.27. The van der Waals surface area contributed by atoms with Crippen molar-refractivity contribution in [2.24, 2.45) is 0 Å². The molecular weight excluding hydrogens is 515 g/mol. The van der Waals surface area contributed by atoms with Gasteiger partial charge in [0.05, 0.1) is 33.3 Å². The molecule has 1 aliphatic rings. The molecule has 7 nitrogen and oxygen atoms in total. The van der Waals surface area contributed by atoms with Gasteiger partial charge in [-0.3, -0.25) is 19.8 Å². The number of nitro benzene ring substituents is 1. The molecule has 28 heavy (non-hydrogen) atoms. The molecule has 0 aromatic heterocycles. The monoisotopic (exact) mass is 528 g/mol. The molecule has 0 saturated carbocycles. The van der Waals surface area contributed by atoms with E-state index in [-0.39, 0.29) is 11.6 Å². The van der Waals surface area contributed by atoms with Gasteiger partial charge in [-0.25, -0.2) is 0 Å². The molecule has 0 N–H and O–H groups in total. The summed E-state index contributed by atoms with van der Waals surface area (Å²) in [6.45, 7) is 0. The van der Waals surface area contributed by atoms with Gasteiger partial charge in [-0.2, -0.15) is 0 Å². The van der Waals surface area contributed by atoms with Crippen molar-refractivity contribution in [3.8, 4) is 11.5 Å². The Balaban J connectivity index is 1.93. The average molecular weight is 528 g/mol. The third-order valence-corrected chi connectivity index (χ3v) is 5.97. The SMILES string of the molecule is COc1cc(/C=C2\SC(=S)N(c3ccc([N+](=O)[O-])cc3)C2=O)cc(I)c1OC. The molecule has 1 saturated heterocycles. The second-order valence-corrected chi connectivity index (χ2v) is 8.37. The lowest BCUT2D eigenvalue weighted by atomic mass is 10.2. The fourth-order valence-electron chi connectivity index (χ4n) is 2.59. The topological polar surface area (TPSA) is 81.9 Å². The Kier molecular flexibility index (Phi) is 6.20. The minimum Gasteiger partial charge on any atom is -0.493 e. The molecule has 0 spiro atoms. The van der Waals surface area contributed by atoms with Gasteiger partial charge in [0.15, 0.2) is 15.8 Å². The summed E-state index contributed by atoms with van der Waals surface area (Å²) < 4.78 is 11.9. The fraction of sp³-hybridized carbons (Fsp3) is 0.111. The Hall–Kier alpha value is -2.18. The van der Waals surface area contributed by atoms with Crippen LogP contribution in [0.5, 0.6) is 11.5 Å². The van der Waals surface area contributed by atoms with E-state index in [4.69, 9.17) is 21.7 Å². The number of halogens is 1. The molecular formula is C18H13IN2O5S2. The number of benzene rings is 2. The number of ether oxygens (including phenoxy) is 2. The van der Waals surface area contributed by atoms with Gasteiger partial charge in [0.25, 0.3) is 11.6 Å².